The topological polar surface area (TPSA) is 107 Å². The quantitative estimate of drug-likeness (QED) is 0.545. The molecule has 3 N–H and O–H groups in total. The highest BCUT2D eigenvalue weighted by molar-refractivity contribution is 7.87. The van der Waals surface area contributed by atoms with E-state index in [1.807, 2.05) is 12.1 Å². The molecule has 0 saturated carbocycles. The summed E-state index contributed by atoms with van der Waals surface area (Å²) in [6.45, 7) is 0. The molecule has 1 aliphatic rings. The van der Waals surface area contributed by atoms with Crippen molar-refractivity contribution in [2.45, 2.75) is 18.5 Å². The van der Waals surface area contributed by atoms with E-state index in [4.69, 9.17) is 11.6 Å². The molecule has 4 rings (SSSR count). The van der Waals surface area contributed by atoms with Crippen molar-refractivity contribution >= 4 is 44.7 Å². The van der Waals surface area contributed by atoms with Crippen LogP contribution in [0.25, 0.3) is 10.4 Å². The van der Waals surface area contributed by atoms with Crippen LogP contribution in [-0.2, 0) is 15.0 Å². The van der Waals surface area contributed by atoms with Gasteiger partial charge in [-0.2, -0.15) is 22.5 Å². The summed E-state index contributed by atoms with van der Waals surface area (Å²) in [6, 6.07) is 5.97. The van der Waals surface area contributed by atoms with Gasteiger partial charge in [-0.25, -0.2) is 4.39 Å². The number of carbonyl (C=O) groups excluding carboxylic acids is 1. The molecule has 2 atom stereocenters. The Kier molecular flexibility index (Phi) is 5.64. The number of hydrogen-bond acceptors (Lipinski definition) is 5. The number of halogens is 2. The second-order valence-corrected chi connectivity index (χ2v) is 10.0. The number of thiophene rings is 1. The van der Waals surface area contributed by atoms with Crippen LogP contribution in [0.4, 0.5) is 10.1 Å². The van der Waals surface area contributed by atoms with Crippen molar-refractivity contribution in [2.75, 3.05) is 12.4 Å². The zero-order chi connectivity index (χ0) is 21.5. The molecule has 0 spiro atoms. The normalized spacial score (nSPS) is 21.4. The van der Waals surface area contributed by atoms with E-state index in [0.717, 1.165) is 25.7 Å². The van der Waals surface area contributed by atoms with E-state index in [2.05, 4.69) is 20.2 Å². The molecule has 158 valence electrons. The van der Waals surface area contributed by atoms with Crippen molar-refractivity contribution in [3.8, 4) is 10.4 Å². The largest absolute Gasteiger partial charge is 0.325 e. The summed E-state index contributed by atoms with van der Waals surface area (Å²) in [7, 11) is -2.54. The van der Waals surface area contributed by atoms with Crippen LogP contribution in [0.5, 0.6) is 0 Å². The van der Waals surface area contributed by atoms with E-state index in [-0.39, 0.29) is 17.1 Å². The SMILES string of the molecule is CN1C(C(=O)Nc2ccc(F)c(Cl)c2)CC(c2ccc(-c3cn[nH]c3)s2)NS1(=O)=O. The molecule has 1 saturated heterocycles. The van der Waals surface area contributed by atoms with E-state index in [0.29, 0.717) is 0 Å². The number of hydrogen-bond donors (Lipinski definition) is 3. The lowest BCUT2D eigenvalue weighted by atomic mass is 10.1. The van der Waals surface area contributed by atoms with E-state index in [1.165, 1.54) is 30.5 Å². The first kappa shape index (κ1) is 20.9. The molecule has 1 aromatic carbocycles. The molecule has 3 aromatic rings. The van der Waals surface area contributed by atoms with E-state index < -0.39 is 34.0 Å². The first-order valence-electron chi connectivity index (χ1n) is 8.84. The number of benzene rings is 1. The summed E-state index contributed by atoms with van der Waals surface area (Å²) in [5.74, 6) is -1.13. The van der Waals surface area contributed by atoms with Gasteiger partial charge in [-0.05, 0) is 36.8 Å². The van der Waals surface area contributed by atoms with Gasteiger partial charge in [0, 0.05) is 34.2 Å². The fraction of sp³-hybridized carbons (Fsp3) is 0.222. The number of H-pyrrole nitrogens is 1. The van der Waals surface area contributed by atoms with Crippen LogP contribution in [0, 0.1) is 5.82 Å². The Morgan fingerprint density at radius 1 is 1.37 bits per heavy atom. The Labute approximate surface area is 181 Å². The highest BCUT2D eigenvalue weighted by atomic mass is 35.5. The van der Waals surface area contributed by atoms with Gasteiger partial charge in [0.2, 0.25) is 5.91 Å². The first-order valence-corrected chi connectivity index (χ1v) is 11.5. The molecule has 12 heteroatoms. The van der Waals surface area contributed by atoms with Crippen molar-refractivity contribution in [1.29, 1.82) is 0 Å². The van der Waals surface area contributed by atoms with Gasteiger partial charge in [0.15, 0.2) is 0 Å². The summed E-state index contributed by atoms with van der Waals surface area (Å²) in [4.78, 5) is 14.6. The summed E-state index contributed by atoms with van der Waals surface area (Å²) >= 11 is 7.18. The molecule has 1 fully saturated rings. The summed E-state index contributed by atoms with van der Waals surface area (Å²) in [5.41, 5.74) is 1.18. The molecular formula is C18H17ClFN5O3S2. The molecular weight excluding hydrogens is 453 g/mol. The number of aromatic nitrogens is 2. The van der Waals surface area contributed by atoms with Crippen LogP contribution >= 0.6 is 22.9 Å². The maximum absolute atomic E-state index is 13.4. The fourth-order valence-electron chi connectivity index (χ4n) is 3.18. The molecule has 0 bridgehead atoms. The van der Waals surface area contributed by atoms with Crippen molar-refractivity contribution in [3.63, 3.8) is 0 Å². The maximum Gasteiger partial charge on any atom is 0.280 e. The highest BCUT2D eigenvalue weighted by Crippen LogP contribution is 2.36. The third-order valence-electron chi connectivity index (χ3n) is 4.81. The summed E-state index contributed by atoms with van der Waals surface area (Å²) in [5, 5.41) is 9.14. The van der Waals surface area contributed by atoms with Gasteiger partial charge in [-0.15, -0.1) is 11.3 Å². The van der Waals surface area contributed by atoms with Gasteiger partial charge in [0.05, 0.1) is 17.3 Å². The lowest BCUT2D eigenvalue weighted by molar-refractivity contribution is -0.120. The van der Waals surface area contributed by atoms with Crippen LogP contribution in [-0.4, -0.2) is 41.9 Å². The van der Waals surface area contributed by atoms with Crippen LogP contribution in [0.15, 0.2) is 42.7 Å². The lowest BCUT2D eigenvalue weighted by Gasteiger charge is -2.35. The van der Waals surface area contributed by atoms with Gasteiger partial charge in [-0.3, -0.25) is 9.89 Å². The zero-order valence-electron chi connectivity index (χ0n) is 15.6. The molecule has 2 aromatic heterocycles. The smallest absolute Gasteiger partial charge is 0.280 e. The molecule has 30 heavy (non-hydrogen) atoms. The fourth-order valence-corrected chi connectivity index (χ4v) is 5.75. The van der Waals surface area contributed by atoms with Gasteiger partial charge in [0.25, 0.3) is 10.2 Å². The minimum absolute atomic E-state index is 0.137. The number of nitrogens with zero attached hydrogens (tertiary/aromatic N) is 2. The molecule has 8 nitrogen and oxygen atoms in total. The number of aromatic amines is 1. The third kappa shape index (κ3) is 4.12. The van der Waals surface area contributed by atoms with Crippen LogP contribution < -0.4 is 10.0 Å². The number of likely N-dealkylation sites (N-methyl/N-ethyl adjacent to an activating group) is 1. The Balaban J connectivity index is 1.57. The molecule has 0 aliphatic carbocycles. The number of amides is 1. The molecule has 3 heterocycles. The van der Waals surface area contributed by atoms with Crippen LogP contribution in [0.2, 0.25) is 5.02 Å². The number of anilines is 1. The van der Waals surface area contributed by atoms with Crippen molar-refractivity contribution < 1.29 is 17.6 Å². The van der Waals surface area contributed by atoms with E-state index >= 15 is 0 Å². The Bertz CT molecular complexity index is 1180. The second-order valence-electron chi connectivity index (χ2n) is 6.75. The predicted octanol–water partition coefficient (Wildman–Crippen LogP) is 3.15. The van der Waals surface area contributed by atoms with Gasteiger partial charge in [0.1, 0.15) is 11.9 Å². The Morgan fingerprint density at radius 3 is 2.87 bits per heavy atom. The first-order chi connectivity index (χ1) is 14.2. The third-order valence-corrected chi connectivity index (χ3v) is 7.94. The van der Waals surface area contributed by atoms with Crippen molar-refractivity contribution in [1.82, 2.24) is 19.2 Å². The minimum atomic E-state index is -3.88. The minimum Gasteiger partial charge on any atom is -0.325 e. The average Bonchev–Trinajstić information content (AvgIpc) is 3.38. The number of nitrogens with one attached hydrogen (secondary N) is 3. The molecule has 1 amide bonds. The predicted molar refractivity (Wildman–Crippen MR) is 113 cm³/mol. The van der Waals surface area contributed by atoms with Crippen molar-refractivity contribution in [3.05, 3.63) is 58.4 Å². The van der Waals surface area contributed by atoms with E-state index in [9.17, 15) is 17.6 Å². The maximum atomic E-state index is 13.4. The molecule has 0 radical (unpaired) electrons. The molecule has 1 aliphatic heterocycles. The zero-order valence-corrected chi connectivity index (χ0v) is 18.0. The number of carbonyl (C=O) groups is 1. The van der Waals surface area contributed by atoms with Gasteiger partial charge >= 0.3 is 0 Å². The highest BCUT2D eigenvalue weighted by Gasteiger charge is 2.41. The standard InChI is InChI=1S/C18H17ClFN5O3S2/c1-25-15(18(26)23-11-2-3-13(20)12(19)6-11)7-14(24-30(25,27)28)17-5-4-16(29-17)10-8-21-22-9-10/h2-6,8-9,14-15,24H,7H2,1H3,(H,21,22)(H,23,26). The monoisotopic (exact) mass is 469 g/mol. The van der Waals surface area contributed by atoms with E-state index in [1.54, 1.807) is 12.4 Å². The van der Waals surface area contributed by atoms with Crippen molar-refractivity contribution in [2.24, 2.45) is 0 Å². The van der Waals surface area contributed by atoms with Crippen LogP contribution in [0.1, 0.15) is 17.3 Å². The van der Waals surface area contributed by atoms with Crippen LogP contribution in [0.3, 0.4) is 0 Å². The van der Waals surface area contributed by atoms with Gasteiger partial charge < -0.3 is 5.32 Å². The lowest BCUT2D eigenvalue weighted by Crippen LogP contribution is -2.55. The Morgan fingerprint density at radius 2 is 2.17 bits per heavy atom. The average molecular weight is 470 g/mol. The molecule has 2 unspecified atom stereocenters. The Hall–Kier alpha value is -2.31. The summed E-state index contributed by atoms with van der Waals surface area (Å²) in [6.07, 6.45) is 3.65. The van der Waals surface area contributed by atoms with Gasteiger partial charge in [-0.1, -0.05) is 11.6 Å². The summed E-state index contributed by atoms with van der Waals surface area (Å²) < 4.78 is 42.2. The second kappa shape index (κ2) is 8.08. The number of rotatable bonds is 4.